The van der Waals surface area contributed by atoms with Crippen molar-refractivity contribution in [2.45, 2.75) is 20.3 Å². The third-order valence-corrected chi connectivity index (χ3v) is 7.98. The summed E-state index contributed by atoms with van der Waals surface area (Å²) in [6.45, 7) is 7.88. The Morgan fingerprint density at radius 1 is 0.905 bits per heavy atom. The Balaban J connectivity index is 1.48. The van der Waals surface area contributed by atoms with E-state index in [9.17, 15) is 23.9 Å². The molecule has 2 heterocycles. The number of amides is 1. The zero-order valence-corrected chi connectivity index (χ0v) is 24.1. The van der Waals surface area contributed by atoms with Crippen LogP contribution >= 0.6 is 0 Å². The van der Waals surface area contributed by atoms with Gasteiger partial charge in [-0.15, -0.1) is 0 Å². The van der Waals surface area contributed by atoms with Gasteiger partial charge in [-0.2, -0.15) is 0 Å². The standard InChI is InChI=1S/C33H35FN4O4/c1-21-18-25(33(41)42)6-10-28(21)31(22(2)39)32(23-4-7-26(34)8-5-23)35-27-9-11-29-24(19-27)12-13-38(29)30(40)20-37-16-14-36(3)15-17-37/h4-11,18-19,35H,12-17,20H2,1-3H3,(H,41,42)/b32-31+. The van der Waals surface area contributed by atoms with Crippen molar-refractivity contribution in [2.24, 2.45) is 0 Å². The van der Waals surface area contributed by atoms with Crippen LogP contribution < -0.4 is 10.2 Å². The van der Waals surface area contributed by atoms with Gasteiger partial charge >= 0.3 is 5.97 Å². The molecular weight excluding hydrogens is 535 g/mol. The van der Waals surface area contributed by atoms with E-state index in [1.807, 2.05) is 23.1 Å². The third-order valence-electron chi connectivity index (χ3n) is 7.98. The lowest BCUT2D eigenvalue weighted by atomic mass is 9.92. The molecule has 3 aromatic carbocycles. The number of nitrogens with zero attached hydrogens (tertiary/aromatic N) is 3. The first kappa shape index (κ1) is 29.2. The van der Waals surface area contributed by atoms with E-state index in [2.05, 4.69) is 22.2 Å². The van der Waals surface area contributed by atoms with Gasteiger partial charge in [-0.3, -0.25) is 14.5 Å². The first-order valence-corrected chi connectivity index (χ1v) is 14.1. The number of allylic oxidation sites excluding steroid dienone is 1. The summed E-state index contributed by atoms with van der Waals surface area (Å²) in [7, 11) is 2.09. The highest BCUT2D eigenvalue weighted by atomic mass is 19.1. The van der Waals surface area contributed by atoms with E-state index in [4.69, 9.17) is 0 Å². The van der Waals surface area contributed by atoms with Crippen LogP contribution in [-0.2, 0) is 16.0 Å². The molecule has 2 aliphatic rings. The van der Waals surface area contributed by atoms with Crippen LogP contribution in [0.5, 0.6) is 0 Å². The van der Waals surface area contributed by atoms with Crippen molar-refractivity contribution < 1.29 is 23.9 Å². The molecule has 1 amide bonds. The number of fused-ring (bicyclic) bond motifs is 1. The number of halogens is 1. The molecule has 0 aliphatic carbocycles. The molecule has 0 bridgehead atoms. The Morgan fingerprint density at radius 2 is 1.60 bits per heavy atom. The number of aryl methyl sites for hydroxylation is 1. The Bertz CT molecular complexity index is 1560. The van der Waals surface area contributed by atoms with Crippen molar-refractivity contribution in [3.8, 4) is 0 Å². The molecule has 9 heteroatoms. The summed E-state index contributed by atoms with van der Waals surface area (Å²) in [5, 5.41) is 12.8. The number of nitrogens with one attached hydrogen (secondary N) is 1. The van der Waals surface area contributed by atoms with Crippen LogP contribution in [0.15, 0.2) is 60.7 Å². The number of piperazine rings is 1. The SMILES string of the molecule is CC(=O)/C(=C(\Nc1ccc2c(c1)CCN2C(=O)CN1CCN(C)CC1)c1ccc(F)cc1)c1ccc(C(=O)O)cc1C. The molecule has 2 aliphatic heterocycles. The summed E-state index contributed by atoms with van der Waals surface area (Å²) in [5.41, 5.74) is 5.42. The highest BCUT2D eigenvalue weighted by Gasteiger charge is 2.27. The molecule has 8 nitrogen and oxygen atoms in total. The smallest absolute Gasteiger partial charge is 0.335 e. The molecule has 0 radical (unpaired) electrons. The number of ketones is 1. The molecule has 42 heavy (non-hydrogen) atoms. The molecule has 2 N–H and O–H groups in total. The summed E-state index contributed by atoms with van der Waals surface area (Å²) in [4.78, 5) is 44.2. The summed E-state index contributed by atoms with van der Waals surface area (Å²) >= 11 is 0. The van der Waals surface area contributed by atoms with Crippen LogP contribution in [0.4, 0.5) is 15.8 Å². The zero-order chi connectivity index (χ0) is 30.0. The van der Waals surface area contributed by atoms with Gasteiger partial charge in [0.1, 0.15) is 5.82 Å². The second-order valence-electron chi connectivity index (χ2n) is 11.0. The fourth-order valence-corrected chi connectivity index (χ4v) is 5.64. The second-order valence-corrected chi connectivity index (χ2v) is 11.0. The topological polar surface area (TPSA) is 93.2 Å². The zero-order valence-electron chi connectivity index (χ0n) is 24.1. The average molecular weight is 571 g/mol. The molecule has 3 aromatic rings. The number of aromatic carboxylic acids is 1. The number of likely N-dealkylation sites (N-methyl/N-ethyl adjacent to an activating group) is 1. The molecule has 0 spiro atoms. The highest BCUT2D eigenvalue weighted by molar-refractivity contribution is 6.28. The second kappa shape index (κ2) is 12.3. The molecule has 0 saturated carbocycles. The van der Waals surface area contributed by atoms with Gasteiger partial charge in [0.05, 0.1) is 17.8 Å². The van der Waals surface area contributed by atoms with Crippen LogP contribution in [-0.4, -0.2) is 78.9 Å². The molecule has 218 valence electrons. The summed E-state index contributed by atoms with van der Waals surface area (Å²) in [6.07, 6.45) is 0.713. The summed E-state index contributed by atoms with van der Waals surface area (Å²) in [6, 6.07) is 16.3. The molecule has 0 aromatic heterocycles. The van der Waals surface area contributed by atoms with Crippen LogP contribution in [0.3, 0.4) is 0 Å². The number of anilines is 2. The monoisotopic (exact) mass is 570 g/mol. The molecule has 0 unspecified atom stereocenters. The fourth-order valence-electron chi connectivity index (χ4n) is 5.64. The van der Waals surface area contributed by atoms with Gasteiger partial charge in [0, 0.05) is 49.7 Å². The van der Waals surface area contributed by atoms with Crippen LogP contribution in [0, 0.1) is 12.7 Å². The molecular formula is C33H35FN4O4. The van der Waals surface area contributed by atoms with Crippen molar-refractivity contribution in [1.29, 1.82) is 0 Å². The van der Waals surface area contributed by atoms with Crippen molar-refractivity contribution in [3.63, 3.8) is 0 Å². The molecule has 1 fully saturated rings. The highest BCUT2D eigenvalue weighted by Crippen LogP contribution is 2.35. The maximum Gasteiger partial charge on any atom is 0.335 e. The lowest BCUT2D eigenvalue weighted by Gasteiger charge is -2.32. The van der Waals surface area contributed by atoms with E-state index in [0.29, 0.717) is 47.5 Å². The normalized spacial score (nSPS) is 16.1. The maximum absolute atomic E-state index is 13.9. The Morgan fingerprint density at radius 3 is 2.24 bits per heavy atom. The average Bonchev–Trinajstić information content (AvgIpc) is 3.38. The van der Waals surface area contributed by atoms with Crippen LogP contribution in [0.25, 0.3) is 11.3 Å². The number of benzene rings is 3. The summed E-state index contributed by atoms with van der Waals surface area (Å²) in [5.74, 6) is -1.59. The molecule has 1 saturated heterocycles. The minimum absolute atomic E-state index is 0.0880. The minimum Gasteiger partial charge on any atom is -0.478 e. The number of Topliss-reactive ketones (excluding diaryl/α,β-unsaturated/α-hetero) is 1. The Hall–Kier alpha value is -4.34. The van der Waals surface area contributed by atoms with Gasteiger partial charge in [-0.1, -0.05) is 6.07 Å². The number of carbonyl (C=O) groups excluding carboxylic acids is 2. The van der Waals surface area contributed by atoms with E-state index in [0.717, 1.165) is 43.1 Å². The lowest BCUT2D eigenvalue weighted by molar-refractivity contribution is -0.120. The number of carboxylic acid groups (broad SMARTS) is 1. The van der Waals surface area contributed by atoms with Gasteiger partial charge in [0.25, 0.3) is 0 Å². The van der Waals surface area contributed by atoms with Gasteiger partial charge in [-0.05, 0) is 104 Å². The maximum atomic E-state index is 13.9. The van der Waals surface area contributed by atoms with Gasteiger partial charge in [-0.25, -0.2) is 9.18 Å². The number of rotatable bonds is 8. The minimum atomic E-state index is -1.05. The van der Waals surface area contributed by atoms with Crippen molar-refractivity contribution in [2.75, 3.05) is 56.5 Å². The van der Waals surface area contributed by atoms with Gasteiger partial charge in [0.15, 0.2) is 5.78 Å². The number of hydrogen-bond donors (Lipinski definition) is 2. The van der Waals surface area contributed by atoms with Gasteiger partial charge in [0.2, 0.25) is 5.91 Å². The van der Waals surface area contributed by atoms with Crippen LogP contribution in [0.1, 0.15) is 39.5 Å². The Kier molecular flexibility index (Phi) is 8.51. The van der Waals surface area contributed by atoms with E-state index >= 15 is 0 Å². The number of hydrogen-bond acceptors (Lipinski definition) is 6. The first-order chi connectivity index (χ1) is 20.1. The molecule has 5 rings (SSSR count). The lowest BCUT2D eigenvalue weighted by Crippen LogP contribution is -2.48. The van der Waals surface area contributed by atoms with Crippen molar-refractivity contribution in [1.82, 2.24) is 9.80 Å². The van der Waals surface area contributed by atoms with E-state index in [1.54, 1.807) is 25.1 Å². The number of carboxylic acids is 1. The predicted octanol–water partition coefficient (Wildman–Crippen LogP) is 4.54. The molecule has 0 atom stereocenters. The first-order valence-electron chi connectivity index (χ1n) is 14.1. The van der Waals surface area contributed by atoms with Crippen molar-refractivity contribution >= 4 is 40.3 Å². The largest absolute Gasteiger partial charge is 0.478 e. The quantitative estimate of drug-likeness (QED) is 0.304. The van der Waals surface area contributed by atoms with E-state index < -0.39 is 11.8 Å². The Labute approximate surface area is 245 Å². The van der Waals surface area contributed by atoms with Gasteiger partial charge < -0.3 is 20.2 Å². The number of carbonyl (C=O) groups is 3. The van der Waals surface area contributed by atoms with E-state index in [1.165, 1.54) is 31.2 Å². The van der Waals surface area contributed by atoms with Crippen LogP contribution in [0.2, 0.25) is 0 Å². The summed E-state index contributed by atoms with van der Waals surface area (Å²) < 4.78 is 13.9. The third kappa shape index (κ3) is 6.27. The van der Waals surface area contributed by atoms with Crippen molar-refractivity contribution in [3.05, 3.63) is 94.3 Å². The fraction of sp³-hybridized carbons (Fsp3) is 0.303. The van der Waals surface area contributed by atoms with E-state index in [-0.39, 0.29) is 17.3 Å². The predicted molar refractivity (Wildman–Crippen MR) is 162 cm³/mol.